The van der Waals surface area contributed by atoms with Crippen molar-refractivity contribution >= 4 is 39.3 Å². The van der Waals surface area contributed by atoms with E-state index in [0.29, 0.717) is 34.1 Å². The number of pyridine rings is 2. The zero-order valence-corrected chi connectivity index (χ0v) is 33.1. The van der Waals surface area contributed by atoms with Crippen molar-refractivity contribution in [3.8, 4) is 28.6 Å². The van der Waals surface area contributed by atoms with Crippen molar-refractivity contribution in [2.24, 2.45) is 0 Å². The van der Waals surface area contributed by atoms with Crippen molar-refractivity contribution in [2.75, 3.05) is 0 Å². The second-order valence-corrected chi connectivity index (χ2v) is 15.8. The van der Waals surface area contributed by atoms with Crippen LogP contribution in [0.25, 0.3) is 55.9 Å². The number of carboxylic acid groups (broad SMARTS) is 1. The molecule has 13 nitrogen and oxygen atoms in total. The van der Waals surface area contributed by atoms with Crippen molar-refractivity contribution < 1.29 is 18.7 Å². The van der Waals surface area contributed by atoms with Gasteiger partial charge in [0.15, 0.2) is 0 Å². The molecule has 15 heteroatoms. The molecule has 0 amide bonds. The van der Waals surface area contributed by atoms with Gasteiger partial charge in [0, 0.05) is 45.1 Å². The molecule has 0 atom stereocenters. The number of hydrogen-bond donors (Lipinski definition) is 1. The Morgan fingerprint density at radius 1 is 0.603 bits per heavy atom. The molecular weight excluding hydrogens is 801 g/mol. The molecule has 0 saturated heterocycles. The Hall–Kier alpha value is -8.38. The molecule has 2 aliphatic rings. The van der Waals surface area contributed by atoms with E-state index in [2.05, 4.69) is 65.3 Å². The number of rotatable bonds is 7. The van der Waals surface area contributed by atoms with Gasteiger partial charge in [-0.3, -0.25) is 9.97 Å². The van der Waals surface area contributed by atoms with Crippen LogP contribution < -0.4 is 0 Å². The van der Waals surface area contributed by atoms with E-state index in [1.54, 1.807) is 39.9 Å². The first-order chi connectivity index (χ1) is 30.7. The molecule has 0 bridgehead atoms. The first-order valence-corrected chi connectivity index (χ1v) is 20.1. The van der Waals surface area contributed by atoms with E-state index >= 15 is 0 Å². The van der Waals surface area contributed by atoms with Gasteiger partial charge in [0.05, 0.1) is 58.3 Å². The topological polar surface area (TPSA) is 173 Å². The molecule has 6 aromatic heterocycles. The summed E-state index contributed by atoms with van der Waals surface area (Å²) < 4.78 is 31.8. The molecule has 2 fully saturated rings. The molecule has 2 aliphatic carbocycles. The number of fused-ring (bicyclic) bond motifs is 4. The van der Waals surface area contributed by atoms with E-state index in [9.17, 15) is 13.6 Å². The molecule has 304 valence electrons. The maximum Gasteiger partial charge on any atom is 0.338 e. The molecule has 12 rings (SSSR count). The third-order valence-corrected chi connectivity index (χ3v) is 12.1. The summed E-state index contributed by atoms with van der Waals surface area (Å²) in [7, 11) is 0. The predicted octanol–water partition coefficient (Wildman–Crippen LogP) is 8.69. The number of carbonyl (C=O) groups is 1. The van der Waals surface area contributed by atoms with Crippen LogP contribution in [0.4, 0.5) is 8.78 Å². The maximum atomic E-state index is 14.2. The number of aromatic nitrogens is 10. The lowest BCUT2D eigenvalue weighted by Crippen LogP contribution is -2.14. The highest BCUT2D eigenvalue weighted by Gasteiger charge is 2.50. The number of imidazole rings is 2. The van der Waals surface area contributed by atoms with E-state index in [1.165, 1.54) is 47.7 Å². The largest absolute Gasteiger partial charge is 0.478 e. The summed E-state index contributed by atoms with van der Waals surface area (Å²) >= 11 is 0. The Labute approximate surface area is 356 Å². The van der Waals surface area contributed by atoms with Crippen molar-refractivity contribution in [3.63, 3.8) is 0 Å². The van der Waals surface area contributed by atoms with Gasteiger partial charge in [-0.2, -0.15) is 24.5 Å². The summed E-state index contributed by atoms with van der Waals surface area (Å²) in [5.74, 6) is -1.74. The van der Waals surface area contributed by atoms with Gasteiger partial charge >= 0.3 is 5.97 Å². The molecule has 63 heavy (non-hydrogen) atoms. The van der Waals surface area contributed by atoms with E-state index in [-0.39, 0.29) is 22.0 Å². The fourth-order valence-electron chi connectivity index (χ4n) is 8.46. The van der Waals surface area contributed by atoms with Crippen molar-refractivity contribution in [2.45, 2.75) is 36.5 Å². The number of carboxylic acids is 1. The van der Waals surface area contributed by atoms with Crippen LogP contribution in [0.2, 0.25) is 0 Å². The zero-order valence-electron chi connectivity index (χ0n) is 33.1. The number of benzene rings is 4. The van der Waals surface area contributed by atoms with Crippen LogP contribution in [0.3, 0.4) is 0 Å². The molecule has 1 N–H and O–H groups in total. The maximum absolute atomic E-state index is 14.2. The predicted molar refractivity (Wildman–Crippen MR) is 228 cm³/mol. The van der Waals surface area contributed by atoms with Crippen LogP contribution >= 0.6 is 0 Å². The fraction of sp³-hybridized carbons (Fsp3) is 0.125. The summed E-state index contributed by atoms with van der Waals surface area (Å²) in [6, 6.07) is 30.8. The van der Waals surface area contributed by atoms with Crippen LogP contribution in [-0.2, 0) is 10.8 Å². The molecule has 0 spiro atoms. The average molecular weight is 832 g/mol. The summed E-state index contributed by atoms with van der Waals surface area (Å²) in [6.07, 6.45) is 14.2. The Balaban J connectivity index is 0.000000141. The van der Waals surface area contributed by atoms with Gasteiger partial charge in [-0.05, 0) is 97.5 Å². The fourth-order valence-corrected chi connectivity index (χ4v) is 8.46. The Bertz CT molecular complexity index is 3530. The number of hydrogen-bond acceptors (Lipinski definition) is 10. The van der Waals surface area contributed by atoms with E-state index < -0.39 is 17.6 Å². The monoisotopic (exact) mass is 831 g/mol. The van der Waals surface area contributed by atoms with Crippen LogP contribution in [0.15, 0.2) is 134 Å². The number of aromatic carboxylic acids is 1. The molecular formula is C48H31F2N11O2. The smallest absolute Gasteiger partial charge is 0.338 e. The minimum atomic E-state index is -1.31. The normalized spacial score (nSPS) is 14.6. The number of nitriles is 1. The third kappa shape index (κ3) is 6.38. The minimum Gasteiger partial charge on any atom is -0.478 e. The van der Waals surface area contributed by atoms with Crippen molar-refractivity contribution in [1.82, 2.24) is 49.1 Å². The molecule has 0 radical (unpaired) electrons. The van der Waals surface area contributed by atoms with Crippen LogP contribution in [0.5, 0.6) is 0 Å². The lowest BCUT2D eigenvalue weighted by Gasteiger charge is -2.16. The van der Waals surface area contributed by atoms with Gasteiger partial charge in [0.25, 0.3) is 11.6 Å². The zero-order chi connectivity index (χ0) is 42.9. The van der Waals surface area contributed by atoms with Gasteiger partial charge < -0.3 is 5.11 Å². The molecule has 4 aromatic carbocycles. The third-order valence-electron chi connectivity index (χ3n) is 12.1. The highest BCUT2D eigenvalue weighted by atomic mass is 19.1. The van der Waals surface area contributed by atoms with E-state index in [1.807, 2.05) is 42.6 Å². The highest BCUT2D eigenvalue weighted by molar-refractivity contribution is 5.88. The number of halogens is 2. The highest BCUT2D eigenvalue weighted by Crippen LogP contribution is 2.54. The lowest BCUT2D eigenvalue weighted by molar-refractivity contribution is 0.0692. The Morgan fingerprint density at radius 2 is 1.10 bits per heavy atom. The van der Waals surface area contributed by atoms with Crippen LogP contribution in [0, 0.1) is 23.0 Å². The number of nitrogens with zero attached hydrogens (tertiary/aromatic N) is 11. The summed E-state index contributed by atoms with van der Waals surface area (Å²) in [4.78, 5) is 37.6. The van der Waals surface area contributed by atoms with Crippen LogP contribution in [-0.4, -0.2) is 60.2 Å². The SMILES string of the molecule is N#Cc1ccc(-c2cnc3ncc(C4(c5ccc6ncccc6c5)CC4)n3n2)cc1F.O=C(O)c1ccc(-c2cnc3ncc(C4(c5ccc6ncccc6c5)CC4)n3n2)cc1F. The Kier molecular flexibility index (Phi) is 8.58. The summed E-state index contributed by atoms with van der Waals surface area (Å²) in [6.45, 7) is 0. The van der Waals surface area contributed by atoms with Gasteiger partial charge in [0.2, 0.25) is 0 Å². The Morgan fingerprint density at radius 3 is 1.56 bits per heavy atom. The lowest BCUT2D eigenvalue weighted by atomic mass is 9.91. The second kappa shape index (κ2) is 14.4. The van der Waals surface area contributed by atoms with Gasteiger partial charge in [-0.25, -0.2) is 33.5 Å². The van der Waals surface area contributed by atoms with Crippen LogP contribution in [0.1, 0.15) is 64.1 Å². The van der Waals surface area contributed by atoms with E-state index in [0.717, 1.165) is 58.9 Å². The van der Waals surface area contributed by atoms with E-state index in [4.69, 9.17) is 15.5 Å². The van der Waals surface area contributed by atoms with Gasteiger partial charge in [-0.1, -0.05) is 36.4 Å². The van der Waals surface area contributed by atoms with Gasteiger partial charge in [-0.15, -0.1) is 0 Å². The average Bonchev–Trinajstić information content (AvgIpc) is 4.22. The quantitative estimate of drug-likeness (QED) is 0.163. The molecule has 10 aromatic rings. The first-order valence-electron chi connectivity index (χ1n) is 20.1. The molecule has 2 saturated carbocycles. The molecule has 0 unspecified atom stereocenters. The second-order valence-electron chi connectivity index (χ2n) is 15.8. The summed E-state index contributed by atoms with van der Waals surface area (Å²) in [5, 5.41) is 29.6. The van der Waals surface area contributed by atoms with Crippen molar-refractivity contribution in [3.05, 3.63) is 180 Å². The minimum absolute atomic E-state index is 0.00355. The van der Waals surface area contributed by atoms with Crippen molar-refractivity contribution in [1.29, 1.82) is 5.26 Å². The molecule has 6 heterocycles. The summed E-state index contributed by atoms with van der Waals surface area (Å²) in [5.41, 5.74) is 7.37. The molecule has 0 aliphatic heterocycles. The first kappa shape index (κ1) is 37.6. The standard InChI is InChI=1S/C24H15FN6.C24H16FN5O2/c25-19-11-16(3-4-17(19)12-26)21-13-28-23-29-14-22(31(23)30-21)24(7-8-24)18-5-6-20-15(10-18)2-1-9-27-20;25-18-11-15(3-5-17(18)22(31)32)20-12-27-23-28-13-21(30(23)29-20)24(7-8-24)16-4-6-19-14(10-16)2-1-9-26-19/h1-6,9-11,13-14H,7-8H2;1-6,9-13H,7-8H2,(H,31,32). The van der Waals surface area contributed by atoms with Gasteiger partial charge in [0.1, 0.15) is 29.1 Å².